The third-order valence-electron chi connectivity index (χ3n) is 2.60. The molecule has 0 radical (unpaired) electrons. The predicted octanol–water partition coefficient (Wildman–Crippen LogP) is 4.97. The lowest BCUT2D eigenvalue weighted by Gasteiger charge is -2.06. The molecule has 102 valence electrons. The smallest absolute Gasteiger partial charge is 0.0638 e. The summed E-state index contributed by atoms with van der Waals surface area (Å²) < 4.78 is 0. The van der Waals surface area contributed by atoms with Crippen molar-refractivity contribution < 1.29 is 0 Å². The van der Waals surface area contributed by atoms with E-state index in [1.807, 2.05) is 30.3 Å². The average molecular weight is 297 g/mol. The molecule has 0 atom stereocenters. The minimum absolute atomic E-state index is 0.507. The van der Waals surface area contributed by atoms with E-state index in [-0.39, 0.29) is 0 Å². The standard InChI is InChI=1S/C9H12ClN.C6H6ClN/c1-6(2)7-3-4-9(11)8(10)5-7;7-5-3-1-2-4-6(5)8/h3-6H,11H2,1-2H3;1-4H,8H2. The Balaban J connectivity index is 0.000000200. The van der Waals surface area contributed by atoms with Crippen LogP contribution in [0.3, 0.4) is 0 Å². The molecule has 19 heavy (non-hydrogen) atoms. The van der Waals surface area contributed by atoms with Gasteiger partial charge >= 0.3 is 0 Å². The van der Waals surface area contributed by atoms with E-state index in [1.54, 1.807) is 12.1 Å². The molecule has 0 saturated heterocycles. The van der Waals surface area contributed by atoms with Gasteiger partial charge in [-0.05, 0) is 35.7 Å². The topological polar surface area (TPSA) is 52.0 Å². The fraction of sp³-hybridized carbons (Fsp3) is 0.200. The summed E-state index contributed by atoms with van der Waals surface area (Å²) in [5.74, 6) is 0.507. The Morgan fingerprint density at radius 3 is 1.84 bits per heavy atom. The van der Waals surface area contributed by atoms with E-state index in [9.17, 15) is 0 Å². The van der Waals surface area contributed by atoms with Crippen LogP contribution in [0, 0.1) is 0 Å². The van der Waals surface area contributed by atoms with Crippen LogP contribution in [0.4, 0.5) is 11.4 Å². The average Bonchev–Trinajstić information content (AvgIpc) is 2.37. The van der Waals surface area contributed by atoms with E-state index < -0.39 is 0 Å². The first-order chi connectivity index (χ1) is 8.91. The fourth-order valence-corrected chi connectivity index (χ4v) is 1.70. The van der Waals surface area contributed by atoms with Crippen LogP contribution < -0.4 is 11.5 Å². The molecule has 0 fully saturated rings. The highest BCUT2D eigenvalue weighted by molar-refractivity contribution is 6.33. The van der Waals surface area contributed by atoms with Gasteiger partial charge < -0.3 is 11.5 Å². The second kappa shape index (κ2) is 7.27. The maximum absolute atomic E-state index is 5.83. The molecule has 2 aromatic carbocycles. The van der Waals surface area contributed by atoms with Gasteiger partial charge in [0.2, 0.25) is 0 Å². The first kappa shape index (κ1) is 15.7. The van der Waals surface area contributed by atoms with Gasteiger partial charge in [0.05, 0.1) is 21.4 Å². The molecule has 2 aromatic rings. The maximum atomic E-state index is 5.83. The van der Waals surface area contributed by atoms with Crippen LogP contribution in [0.2, 0.25) is 10.0 Å². The van der Waals surface area contributed by atoms with E-state index in [2.05, 4.69) is 13.8 Å². The van der Waals surface area contributed by atoms with E-state index >= 15 is 0 Å². The highest BCUT2D eigenvalue weighted by atomic mass is 35.5. The van der Waals surface area contributed by atoms with Gasteiger partial charge in [-0.1, -0.05) is 55.2 Å². The number of hydrogen-bond acceptors (Lipinski definition) is 2. The summed E-state index contributed by atoms with van der Waals surface area (Å²) in [7, 11) is 0. The Kier molecular flexibility index (Phi) is 6.00. The van der Waals surface area contributed by atoms with Crippen molar-refractivity contribution in [2.24, 2.45) is 0 Å². The zero-order valence-corrected chi connectivity index (χ0v) is 12.5. The summed E-state index contributed by atoms with van der Waals surface area (Å²) in [6.45, 7) is 4.25. The maximum Gasteiger partial charge on any atom is 0.0638 e. The van der Waals surface area contributed by atoms with Crippen molar-refractivity contribution in [3.8, 4) is 0 Å². The predicted molar refractivity (Wildman–Crippen MR) is 85.8 cm³/mol. The number of nitrogen functional groups attached to an aromatic ring is 2. The number of benzene rings is 2. The SMILES string of the molecule is CC(C)c1ccc(N)c(Cl)c1.Nc1ccccc1Cl. The highest BCUT2D eigenvalue weighted by Gasteiger charge is 2.01. The first-order valence-corrected chi connectivity index (χ1v) is 6.72. The molecular weight excluding hydrogens is 279 g/mol. The van der Waals surface area contributed by atoms with E-state index in [0.29, 0.717) is 27.3 Å². The molecule has 4 heteroatoms. The number of nitrogens with two attached hydrogens (primary N) is 2. The van der Waals surface area contributed by atoms with E-state index in [0.717, 1.165) is 0 Å². The van der Waals surface area contributed by atoms with Crippen molar-refractivity contribution in [2.45, 2.75) is 19.8 Å². The lowest BCUT2D eigenvalue weighted by Crippen LogP contribution is -1.90. The summed E-state index contributed by atoms with van der Waals surface area (Å²) in [5, 5.41) is 1.27. The minimum Gasteiger partial charge on any atom is -0.398 e. The van der Waals surface area contributed by atoms with E-state index in [1.165, 1.54) is 5.56 Å². The van der Waals surface area contributed by atoms with Crippen LogP contribution in [0.5, 0.6) is 0 Å². The number of halogens is 2. The zero-order valence-electron chi connectivity index (χ0n) is 11.0. The van der Waals surface area contributed by atoms with Gasteiger partial charge in [-0.15, -0.1) is 0 Å². The lowest BCUT2D eigenvalue weighted by molar-refractivity contribution is 0.867. The van der Waals surface area contributed by atoms with Crippen LogP contribution >= 0.6 is 23.2 Å². The van der Waals surface area contributed by atoms with Crippen molar-refractivity contribution in [3.63, 3.8) is 0 Å². The van der Waals surface area contributed by atoms with Gasteiger partial charge in [0.15, 0.2) is 0 Å². The number of rotatable bonds is 1. The second-order valence-electron chi connectivity index (χ2n) is 4.46. The fourth-order valence-electron chi connectivity index (χ4n) is 1.38. The third kappa shape index (κ3) is 5.01. The molecule has 0 amide bonds. The van der Waals surface area contributed by atoms with Gasteiger partial charge in [-0.25, -0.2) is 0 Å². The van der Waals surface area contributed by atoms with Gasteiger partial charge in [0.1, 0.15) is 0 Å². The second-order valence-corrected chi connectivity index (χ2v) is 5.27. The summed E-state index contributed by atoms with van der Waals surface area (Å²) >= 11 is 11.4. The summed E-state index contributed by atoms with van der Waals surface area (Å²) in [5.41, 5.74) is 13.5. The summed E-state index contributed by atoms with van der Waals surface area (Å²) in [4.78, 5) is 0. The number of anilines is 2. The van der Waals surface area contributed by atoms with E-state index in [4.69, 9.17) is 34.7 Å². The summed E-state index contributed by atoms with van der Waals surface area (Å²) in [6.07, 6.45) is 0. The van der Waals surface area contributed by atoms with Crippen LogP contribution in [0.1, 0.15) is 25.3 Å². The molecule has 4 N–H and O–H groups in total. The normalized spacial score (nSPS) is 9.95. The van der Waals surface area contributed by atoms with Gasteiger partial charge in [-0.3, -0.25) is 0 Å². The van der Waals surface area contributed by atoms with Gasteiger partial charge in [0.25, 0.3) is 0 Å². The Morgan fingerprint density at radius 1 is 0.842 bits per heavy atom. The van der Waals surface area contributed by atoms with Crippen molar-refractivity contribution in [1.29, 1.82) is 0 Å². The molecule has 2 rings (SSSR count). The van der Waals surface area contributed by atoms with Crippen molar-refractivity contribution in [2.75, 3.05) is 11.5 Å². The van der Waals surface area contributed by atoms with Crippen molar-refractivity contribution in [3.05, 3.63) is 58.1 Å². The van der Waals surface area contributed by atoms with Crippen LogP contribution in [-0.2, 0) is 0 Å². The largest absolute Gasteiger partial charge is 0.398 e. The molecule has 0 aliphatic heterocycles. The molecule has 0 heterocycles. The van der Waals surface area contributed by atoms with Crippen molar-refractivity contribution >= 4 is 34.6 Å². The quantitative estimate of drug-likeness (QED) is 0.730. The monoisotopic (exact) mass is 296 g/mol. The van der Waals surface area contributed by atoms with Gasteiger partial charge in [0, 0.05) is 0 Å². The summed E-state index contributed by atoms with van der Waals surface area (Å²) in [6, 6.07) is 13.0. The molecule has 0 unspecified atom stereocenters. The minimum atomic E-state index is 0.507. The molecule has 0 spiro atoms. The number of hydrogen-bond donors (Lipinski definition) is 2. The zero-order chi connectivity index (χ0) is 14.4. The Labute approximate surface area is 124 Å². The molecule has 2 nitrogen and oxygen atoms in total. The Hall–Kier alpha value is -1.38. The Morgan fingerprint density at radius 2 is 1.42 bits per heavy atom. The Bertz CT molecular complexity index is 518. The van der Waals surface area contributed by atoms with Crippen molar-refractivity contribution in [1.82, 2.24) is 0 Å². The lowest BCUT2D eigenvalue weighted by atomic mass is 10.0. The van der Waals surface area contributed by atoms with Crippen LogP contribution in [0.15, 0.2) is 42.5 Å². The third-order valence-corrected chi connectivity index (χ3v) is 3.27. The molecule has 0 bridgehead atoms. The van der Waals surface area contributed by atoms with Gasteiger partial charge in [-0.2, -0.15) is 0 Å². The molecule has 0 aromatic heterocycles. The molecular formula is C15H18Cl2N2. The van der Waals surface area contributed by atoms with Crippen LogP contribution in [0.25, 0.3) is 0 Å². The first-order valence-electron chi connectivity index (χ1n) is 5.96. The number of para-hydroxylation sites is 1. The molecule has 0 aliphatic carbocycles. The van der Waals surface area contributed by atoms with Crippen LogP contribution in [-0.4, -0.2) is 0 Å². The molecule has 0 saturated carbocycles. The highest BCUT2D eigenvalue weighted by Crippen LogP contribution is 2.23. The molecule has 0 aliphatic rings.